The van der Waals surface area contributed by atoms with E-state index in [1.807, 2.05) is 0 Å². The number of phenolic OH excluding ortho intramolecular Hbond substituents is 1. The van der Waals surface area contributed by atoms with Crippen molar-refractivity contribution in [3.63, 3.8) is 0 Å². The van der Waals surface area contributed by atoms with Gasteiger partial charge in [-0.05, 0) is 42.0 Å². The number of hydrogen-bond acceptors (Lipinski definition) is 2. The van der Waals surface area contributed by atoms with Crippen LogP contribution in [0.2, 0.25) is 0 Å². The number of benzene rings is 2. The SMILES string of the molecule is NC(/C=C/c1ccc(O)cc1)=Nc1cccc(C(F)(F)F)c1. The molecule has 0 saturated carbocycles. The molecule has 2 aromatic carbocycles. The highest BCUT2D eigenvalue weighted by Crippen LogP contribution is 2.31. The van der Waals surface area contributed by atoms with E-state index in [1.54, 1.807) is 18.2 Å². The highest BCUT2D eigenvalue weighted by molar-refractivity contribution is 5.96. The normalized spacial score (nSPS) is 12.8. The number of hydrogen-bond donors (Lipinski definition) is 2. The third kappa shape index (κ3) is 4.37. The van der Waals surface area contributed by atoms with Gasteiger partial charge in [0.2, 0.25) is 0 Å². The van der Waals surface area contributed by atoms with E-state index in [0.717, 1.165) is 17.7 Å². The Morgan fingerprint density at radius 2 is 1.77 bits per heavy atom. The van der Waals surface area contributed by atoms with Crippen molar-refractivity contribution in [2.75, 3.05) is 0 Å². The fraction of sp³-hybridized carbons (Fsp3) is 0.0625. The van der Waals surface area contributed by atoms with Crippen molar-refractivity contribution in [1.29, 1.82) is 0 Å². The van der Waals surface area contributed by atoms with Crippen LogP contribution in [-0.4, -0.2) is 10.9 Å². The summed E-state index contributed by atoms with van der Waals surface area (Å²) in [4.78, 5) is 3.92. The van der Waals surface area contributed by atoms with Crippen molar-refractivity contribution < 1.29 is 18.3 Å². The number of amidine groups is 1. The maximum atomic E-state index is 12.6. The van der Waals surface area contributed by atoms with Crippen LogP contribution in [-0.2, 0) is 6.18 Å². The standard InChI is InChI=1S/C16H13F3N2O/c17-16(18,19)12-2-1-3-13(10-12)21-15(20)9-6-11-4-7-14(22)8-5-11/h1-10,22H,(H2,20,21)/b9-6+. The Bertz CT molecular complexity index is 704. The predicted octanol–water partition coefficient (Wildman–Crippen LogP) is 4.11. The van der Waals surface area contributed by atoms with Crippen LogP contribution in [0.5, 0.6) is 5.75 Å². The molecule has 0 aliphatic heterocycles. The molecule has 0 radical (unpaired) electrons. The van der Waals surface area contributed by atoms with E-state index < -0.39 is 11.7 Å². The average Bonchev–Trinajstić information content (AvgIpc) is 2.46. The number of rotatable bonds is 3. The molecule has 0 fully saturated rings. The molecule has 2 aromatic rings. The number of halogens is 3. The minimum absolute atomic E-state index is 0.0763. The number of aromatic hydroxyl groups is 1. The smallest absolute Gasteiger partial charge is 0.416 e. The molecule has 2 rings (SSSR count). The molecule has 0 aromatic heterocycles. The molecule has 3 nitrogen and oxygen atoms in total. The van der Waals surface area contributed by atoms with Gasteiger partial charge in [-0.15, -0.1) is 0 Å². The minimum atomic E-state index is -4.41. The quantitative estimate of drug-likeness (QED) is 0.662. The number of alkyl halides is 3. The van der Waals surface area contributed by atoms with E-state index in [0.29, 0.717) is 0 Å². The zero-order valence-corrected chi connectivity index (χ0v) is 11.4. The molecular formula is C16H13F3N2O. The third-order valence-corrected chi connectivity index (χ3v) is 2.77. The Hall–Kier alpha value is -2.76. The molecule has 0 spiro atoms. The van der Waals surface area contributed by atoms with Crippen LogP contribution in [0.3, 0.4) is 0 Å². The van der Waals surface area contributed by atoms with E-state index in [-0.39, 0.29) is 17.3 Å². The van der Waals surface area contributed by atoms with Crippen LogP contribution in [0.15, 0.2) is 59.6 Å². The van der Waals surface area contributed by atoms with Gasteiger partial charge in [0.05, 0.1) is 11.3 Å². The van der Waals surface area contributed by atoms with Gasteiger partial charge in [0.15, 0.2) is 0 Å². The molecule has 0 saturated heterocycles. The van der Waals surface area contributed by atoms with Gasteiger partial charge in [-0.1, -0.05) is 24.3 Å². The largest absolute Gasteiger partial charge is 0.508 e. The van der Waals surface area contributed by atoms with Crippen LogP contribution in [0.1, 0.15) is 11.1 Å². The minimum Gasteiger partial charge on any atom is -0.508 e. The van der Waals surface area contributed by atoms with Crippen LogP contribution < -0.4 is 5.73 Å². The summed E-state index contributed by atoms with van der Waals surface area (Å²) < 4.78 is 37.8. The molecule has 0 aliphatic rings. The molecule has 0 heterocycles. The maximum absolute atomic E-state index is 12.6. The second-order valence-electron chi connectivity index (χ2n) is 4.51. The summed E-state index contributed by atoms with van der Waals surface area (Å²) in [6.45, 7) is 0. The molecular weight excluding hydrogens is 293 g/mol. The van der Waals surface area contributed by atoms with E-state index in [4.69, 9.17) is 10.8 Å². The molecule has 0 amide bonds. The Morgan fingerprint density at radius 1 is 1.09 bits per heavy atom. The van der Waals surface area contributed by atoms with Crippen LogP contribution >= 0.6 is 0 Å². The number of nitrogens with two attached hydrogens (primary N) is 1. The lowest BCUT2D eigenvalue weighted by Gasteiger charge is -2.06. The topological polar surface area (TPSA) is 58.6 Å². The number of phenols is 1. The summed E-state index contributed by atoms with van der Waals surface area (Å²) in [5, 5.41) is 9.16. The summed E-state index contributed by atoms with van der Waals surface area (Å²) in [5.74, 6) is 0.218. The van der Waals surface area contributed by atoms with Crippen molar-refractivity contribution in [1.82, 2.24) is 0 Å². The lowest BCUT2D eigenvalue weighted by atomic mass is 10.2. The van der Waals surface area contributed by atoms with Crippen molar-refractivity contribution >= 4 is 17.6 Å². The van der Waals surface area contributed by atoms with Gasteiger partial charge in [0, 0.05) is 0 Å². The first-order chi connectivity index (χ1) is 10.3. The summed E-state index contributed by atoms with van der Waals surface area (Å²) in [7, 11) is 0. The average molecular weight is 306 g/mol. The molecule has 114 valence electrons. The lowest BCUT2D eigenvalue weighted by Crippen LogP contribution is -2.07. The van der Waals surface area contributed by atoms with Crippen molar-refractivity contribution in [2.45, 2.75) is 6.18 Å². The zero-order chi connectivity index (χ0) is 16.2. The predicted molar refractivity (Wildman–Crippen MR) is 79.9 cm³/mol. The monoisotopic (exact) mass is 306 g/mol. The first-order valence-corrected chi connectivity index (χ1v) is 6.33. The molecule has 0 atom stereocenters. The second-order valence-corrected chi connectivity index (χ2v) is 4.51. The molecule has 22 heavy (non-hydrogen) atoms. The van der Waals surface area contributed by atoms with Crippen molar-refractivity contribution in [3.8, 4) is 5.75 Å². The Morgan fingerprint density at radius 3 is 2.41 bits per heavy atom. The summed E-state index contributed by atoms with van der Waals surface area (Å²) in [5.41, 5.74) is 5.81. The van der Waals surface area contributed by atoms with Gasteiger partial charge in [-0.2, -0.15) is 13.2 Å². The van der Waals surface area contributed by atoms with E-state index in [9.17, 15) is 13.2 Å². The molecule has 0 bridgehead atoms. The van der Waals surface area contributed by atoms with Crippen LogP contribution in [0.25, 0.3) is 6.08 Å². The zero-order valence-electron chi connectivity index (χ0n) is 11.4. The molecule has 6 heteroatoms. The van der Waals surface area contributed by atoms with Gasteiger partial charge in [0.1, 0.15) is 11.6 Å². The molecule has 0 unspecified atom stereocenters. The number of aliphatic imine (C=N–C) groups is 1. The van der Waals surface area contributed by atoms with Crippen molar-refractivity contribution in [2.24, 2.45) is 10.7 Å². The second kappa shape index (κ2) is 6.34. The Kier molecular flexibility index (Phi) is 4.50. The van der Waals surface area contributed by atoms with Gasteiger partial charge in [0.25, 0.3) is 0 Å². The Balaban J connectivity index is 2.17. The fourth-order valence-electron chi connectivity index (χ4n) is 1.71. The third-order valence-electron chi connectivity index (χ3n) is 2.77. The van der Waals surface area contributed by atoms with Crippen LogP contribution in [0.4, 0.5) is 18.9 Å². The van der Waals surface area contributed by atoms with E-state index in [2.05, 4.69) is 4.99 Å². The maximum Gasteiger partial charge on any atom is 0.416 e. The number of nitrogens with zero attached hydrogens (tertiary/aromatic N) is 1. The van der Waals surface area contributed by atoms with E-state index >= 15 is 0 Å². The summed E-state index contributed by atoms with van der Waals surface area (Å²) >= 11 is 0. The van der Waals surface area contributed by atoms with Crippen molar-refractivity contribution in [3.05, 3.63) is 65.7 Å². The van der Waals surface area contributed by atoms with Gasteiger partial charge >= 0.3 is 6.18 Å². The van der Waals surface area contributed by atoms with Gasteiger partial charge < -0.3 is 10.8 Å². The molecule has 3 N–H and O–H groups in total. The van der Waals surface area contributed by atoms with Gasteiger partial charge in [-0.3, -0.25) is 0 Å². The lowest BCUT2D eigenvalue weighted by molar-refractivity contribution is -0.137. The van der Waals surface area contributed by atoms with Crippen LogP contribution in [0, 0.1) is 0 Å². The highest BCUT2D eigenvalue weighted by Gasteiger charge is 2.30. The van der Waals surface area contributed by atoms with Gasteiger partial charge in [-0.25, -0.2) is 4.99 Å². The highest BCUT2D eigenvalue weighted by atomic mass is 19.4. The Labute approximate surface area is 125 Å². The molecule has 0 aliphatic carbocycles. The summed E-state index contributed by atoms with van der Waals surface area (Å²) in [6, 6.07) is 11.0. The van der Waals surface area contributed by atoms with E-state index in [1.165, 1.54) is 30.3 Å². The first kappa shape index (κ1) is 15.6. The first-order valence-electron chi connectivity index (χ1n) is 6.33. The summed E-state index contributed by atoms with van der Waals surface area (Å²) in [6.07, 6.45) is -1.29. The fourth-order valence-corrected chi connectivity index (χ4v) is 1.71.